The molecule has 0 spiro atoms. The zero-order chi connectivity index (χ0) is 12.5. The third kappa shape index (κ3) is 2.00. The molecule has 0 aromatic heterocycles. The van der Waals surface area contributed by atoms with E-state index in [1.165, 1.54) is 9.80 Å². The normalized spacial score (nSPS) is 18.6. The van der Waals surface area contributed by atoms with Gasteiger partial charge in [0.1, 0.15) is 12.1 Å². The largest absolute Gasteiger partial charge is 0.344 e. The Morgan fingerprint density at radius 3 is 2.38 bits per heavy atom. The molecule has 1 N–H and O–H groups in total. The lowest BCUT2D eigenvalue weighted by Gasteiger charge is -2.28. The summed E-state index contributed by atoms with van der Waals surface area (Å²) in [6.07, 6.45) is 0. The molecule has 90 valence electrons. The van der Waals surface area contributed by atoms with Gasteiger partial charge in [0.05, 0.1) is 0 Å². The molecule has 6 heteroatoms. The Morgan fingerprint density at radius 1 is 1.44 bits per heavy atom. The van der Waals surface area contributed by atoms with Crippen LogP contribution in [0.5, 0.6) is 0 Å². The van der Waals surface area contributed by atoms with Crippen molar-refractivity contribution in [3.8, 4) is 0 Å². The van der Waals surface area contributed by atoms with Gasteiger partial charge in [-0.2, -0.15) is 0 Å². The summed E-state index contributed by atoms with van der Waals surface area (Å²) < 4.78 is 0. The molecular formula is C10H17N3O3. The van der Waals surface area contributed by atoms with Gasteiger partial charge in [-0.1, -0.05) is 0 Å². The number of likely N-dealkylation sites (N-methyl/N-ethyl adjacent to an activating group) is 1. The van der Waals surface area contributed by atoms with E-state index in [-0.39, 0.29) is 18.4 Å². The van der Waals surface area contributed by atoms with E-state index in [0.717, 1.165) is 0 Å². The summed E-state index contributed by atoms with van der Waals surface area (Å²) in [5, 5.41) is 2.20. The zero-order valence-electron chi connectivity index (χ0n) is 10.0. The number of rotatable bonds is 3. The second-order valence-corrected chi connectivity index (χ2v) is 4.31. The van der Waals surface area contributed by atoms with Gasteiger partial charge >= 0.3 is 6.03 Å². The monoisotopic (exact) mass is 227 g/mol. The van der Waals surface area contributed by atoms with E-state index in [0.29, 0.717) is 6.54 Å². The van der Waals surface area contributed by atoms with Crippen LogP contribution in [0.2, 0.25) is 0 Å². The molecule has 0 aliphatic carbocycles. The maximum atomic E-state index is 11.7. The summed E-state index contributed by atoms with van der Waals surface area (Å²) in [6, 6.07) is -0.507. The summed E-state index contributed by atoms with van der Waals surface area (Å²) in [6.45, 7) is 5.58. The van der Waals surface area contributed by atoms with Crippen molar-refractivity contribution in [2.24, 2.45) is 0 Å². The molecule has 4 amide bonds. The highest BCUT2D eigenvalue weighted by atomic mass is 16.2. The van der Waals surface area contributed by atoms with Crippen molar-refractivity contribution in [2.45, 2.75) is 26.3 Å². The van der Waals surface area contributed by atoms with E-state index in [4.69, 9.17) is 0 Å². The van der Waals surface area contributed by atoms with Gasteiger partial charge in [0, 0.05) is 13.6 Å². The lowest BCUT2D eigenvalue weighted by Crippen LogP contribution is -2.49. The van der Waals surface area contributed by atoms with Gasteiger partial charge in [-0.3, -0.25) is 14.9 Å². The van der Waals surface area contributed by atoms with Crippen molar-refractivity contribution in [1.29, 1.82) is 0 Å². The van der Waals surface area contributed by atoms with Crippen LogP contribution in [0.3, 0.4) is 0 Å². The van der Waals surface area contributed by atoms with E-state index >= 15 is 0 Å². The Labute approximate surface area is 94.6 Å². The number of carbonyl (C=O) groups excluding carboxylic acids is 3. The quantitative estimate of drug-likeness (QED) is 0.678. The minimum Gasteiger partial charge on any atom is -0.344 e. The minimum absolute atomic E-state index is 0.0745. The highest BCUT2D eigenvalue weighted by molar-refractivity contribution is 6.07. The molecule has 1 heterocycles. The van der Waals surface area contributed by atoms with Crippen molar-refractivity contribution < 1.29 is 14.4 Å². The number of urea groups is 1. The third-order valence-electron chi connectivity index (χ3n) is 2.89. The first kappa shape index (κ1) is 12.5. The van der Waals surface area contributed by atoms with Crippen molar-refractivity contribution in [3.05, 3.63) is 0 Å². The standard InChI is InChI=1S/C10H17N3O3/c1-5-12(4)7(14)6-13-9(16)11-8(15)10(13,2)3/h5-6H2,1-4H3,(H,11,15,16). The Hall–Kier alpha value is -1.59. The average molecular weight is 227 g/mol. The van der Waals surface area contributed by atoms with Gasteiger partial charge in [0.2, 0.25) is 5.91 Å². The molecule has 0 bridgehead atoms. The molecular weight excluding hydrogens is 210 g/mol. The van der Waals surface area contributed by atoms with E-state index < -0.39 is 11.6 Å². The van der Waals surface area contributed by atoms with Gasteiger partial charge in [0.25, 0.3) is 5.91 Å². The number of nitrogens with zero attached hydrogens (tertiary/aromatic N) is 2. The Bertz CT molecular complexity index is 338. The third-order valence-corrected chi connectivity index (χ3v) is 2.89. The highest BCUT2D eigenvalue weighted by Gasteiger charge is 2.46. The number of amides is 4. The molecule has 1 aliphatic rings. The zero-order valence-corrected chi connectivity index (χ0v) is 10.0. The second kappa shape index (κ2) is 4.11. The summed E-state index contributed by atoms with van der Waals surface area (Å²) in [7, 11) is 1.66. The van der Waals surface area contributed by atoms with Gasteiger partial charge in [-0.15, -0.1) is 0 Å². The molecule has 0 aromatic carbocycles. The number of carbonyl (C=O) groups is 3. The molecule has 1 aliphatic heterocycles. The minimum atomic E-state index is -0.957. The number of hydrogen-bond acceptors (Lipinski definition) is 3. The molecule has 0 radical (unpaired) electrons. The number of nitrogens with one attached hydrogen (secondary N) is 1. The highest BCUT2D eigenvalue weighted by Crippen LogP contribution is 2.20. The Morgan fingerprint density at radius 2 is 2.00 bits per heavy atom. The van der Waals surface area contributed by atoms with Crippen LogP contribution in [-0.4, -0.2) is 53.3 Å². The van der Waals surface area contributed by atoms with Gasteiger partial charge in [-0.25, -0.2) is 4.79 Å². The van der Waals surface area contributed by atoms with E-state index in [9.17, 15) is 14.4 Å². The topological polar surface area (TPSA) is 69.7 Å². The van der Waals surface area contributed by atoms with Gasteiger partial charge < -0.3 is 9.80 Å². The van der Waals surface area contributed by atoms with E-state index in [1.807, 2.05) is 6.92 Å². The summed E-state index contributed by atoms with van der Waals surface area (Å²) >= 11 is 0. The van der Waals surface area contributed by atoms with Crippen LogP contribution < -0.4 is 5.32 Å². The molecule has 0 aromatic rings. The summed E-state index contributed by atoms with van der Waals surface area (Å²) in [4.78, 5) is 37.3. The molecule has 1 saturated heterocycles. The van der Waals surface area contributed by atoms with Crippen LogP contribution in [0.1, 0.15) is 20.8 Å². The fourth-order valence-electron chi connectivity index (χ4n) is 1.40. The first-order valence-corrected chi connectivity index (χ1v) is 5.17. The maximum absolute atomic E-state index is 11.7. The molecule has 16 heavy (non-hydrogen) atoms. The molecule has 6 nitrogen and oxygen atoms in total. The fraction of sp³-hybridized carbons (Fsp3) is 0.700. The van der Waals surface area contributed by atoms with Crippen molar-refractivity contribution in [1.82, 2.24) is 15.1 Å². The fourth-order valence-corrected chi connectivity index (χ4v) is 1.40. The Balaban J connectivity index is 2.77. The van der Waals surface area contributed by atoms with Crippen LogP contribution in [0.25, 0.3) is 0 Å². The van der Waals surface area contributed by atoms with Crippen LogP contribution >= 0.6 is 0 Å². The van der Waals surface area contributed by atoms with Crippen molar-refractivity contribution in [3.63, 3.8) is 0 Å². The average Bonchev–Trinajstić information content (AvgIpc) is 2.40. The number of hydrogen-bond donors (Lipinski definition) is 1. The molecule has 0 unspecified atom stereocenters. The predicted molar refractivity (Wildman–Crippen MR) is 57.6 cm³/mol. The van der Waals surface area contributed by atoms with Crippen LogP contribution in [0.4, 0.5) is 4.79 Å². The predicted octanol–water partition coefficient (Wildman–Crippen LogP) is -0.205. The smallest absolute Gasteiger partial charge is 0.325 e. The van der Waals surface area contributed by atoms with E-state index in [1.54, 1.807) is 20.9 Å². The summed E-state index contributed by atoms with van der Waals surface area (Å²) in [5.41, 5.74) is -0.957. The lowest BCUT2D eigenvalue weighted by atomic mass is 10.0. The van der Waals surface area contributed by atoms with E-state index in [2.05, 4.69) is 5.32 Å². The SMILES string of the molecule is CCN(C)C(=O)CN1C(=O)NC(=O)C1(C)C. The Kier molecular flexibility index (Phi) is 3.21. The number of imide groups is 1. The molecule has 0 atom stereocenters. The van der Waals surface area contributed by atoms with Crippen molar-refractivity contribution in [2.75, 3.05) is 20.1 Å². The molecule has 0 saturated carbocycles. The lowest BCUT2D eigenvalue weighted by molar-refractivity contribution is -0.132. The maximum Gasteiger partial charge on any atom is 0.325 e. The van der Waals surface area contributed by atoms with Crippen molar-refractivity contribution >= 4 is 17.8 Å². The molecule has 1 rings (SSSR count). The first-order valence-electron chi connectivity index (χ1n) is 5.17. The van der Waals surface area contributed by atoms with Gasteiger partial charge in [0.15, 0.2) is 0 Å². The second-order valence-electron chi connectivity index (χ2n) is 4.31. The molecule has 1 fully saturated rings. The van der Waals surface area contributed by atoms with Crippen LogP contribution in [0, 0.1) is 0 Å². The van der Waals surface area contributed by atoms with Gasteiger partial charge in [-0.05, 0) is 20.8 Å². The van der Waals surface area contributed by atoms with Crippen LogP contribution in [-0.2, 0) is 9.59 Å². The van der Waals surface area contributed by atoms with Crippen LogP contribution in [0.15, 0.2) is 0 Å². The summed E-state index contributed by atoms with van der Waals surface area (Å²) in [5.74, 6) is -0.551. The first-order chi connectivity index (χ1) is 7.30.